The van der Waals surface area contributed by atoms with Gasteiger partial charge in [0.25, 0.3) is 0 Å². The lowest BCUT2D eigenvalue weighted by molar-refractivity contribution is -0.124. The second-order valence-corrected chi connectivity index (χ2v) is 7.08. The van der Waals surface area contributed by atoms with E-state index in [2.05, 4.69) is 38.0 Å². The van der Waals surface area contributed by atoms with Crippen LogP contribution in [0.25, 0.3) is 0 Å². The van der Waals surface area contributed by atoms with E-state index in [1.807, 2.05) is 13.8 Å². The van der Waals surface area contributed by atoms with E-state index in [0.717, 1.165) is 25.7 Å². The summed E-state index contributed by atoms with van der Waals surface area (Å²) in [5.74, 6) is -0.114. The SMILES string of the molecule is COC(=O)N[C@@H](C(=O)NC1(I)CCCC1)C(C)C. The Balaban J connectivity index is 2.62. The molecule has 0 aromatic heterocycles. The fraction of sp³-hybridized carbons (Fsp3) is 0.833. The van der Waals surface area contributed by atoms with Gasteiger partial charge in [-0.2, -0.15) is 0 Å². The molecule has 5 nitrogen and oxygen atoms in total. The molecule has 6 heteroatoms. The lowest BCUT2D eigenvalue weighted by Crippen LogP contribution is -2.54. The highest BCUT2D eigenvalue weighted by Crippen LogP contribution is 2.35. The van der Waals surface area contributed by atoms with Crippen LogP contribution in [0.4, 0.5) is 4.79 Å². The van der Waals surface area contributed by atoms with Crippen LogP contribution in [-0.2, 0) is 9.53 Å². The standard InChI is InChI=1S/C12H21IN2O3/c1-8(2)9(14-11(17)18-3)10(16)15-12(13)6-4-5-7-12/h8-9H,4-7H2,1-3H3,(H,14,17)(H,15,16)/t9-/m1/s1. The number of nitrogens with one attached hydrogen (secondary N) is 2. The number of ether oxygens (including phenoxy) is 1. The molecule has 0 saturated heterocycles. The molecular weight excluding hydrogens is 347 g/mol. The Bertz CT molecular complexity index is 314. The first-order valence-electron chi connectivity index (χ1n) is 6.23. The number of methoxy groups -OCH3 is 1. The molecule has 0 spiro atoms. The molecular formula is C12H21IN2O3. The second-order valence-electron chi connectivity index (χ2n) is 5.02. The van der Waals surface area contributed by atoms with Gasteiger partial charge in [0.1, 0.15) is 6.04 Å². The number of hydrogen-bond acceptors (Lipinski definition) is 3. The zero-order chi connectivity index (χ0) is 13.8. The minimum atomic E-state index is -0.571. The van der Waals surface area contributed by atoms with Gasteiger partial charge in [0.05, 0.1) is 10.7 Å². The number of carbonyl (C=O) groups is 2. The summed E-state index contributed by atoms with van der Waals surface area (Å²) in [4.78, 5) is 23.4. The van der Waals surface area contributed by atoms with Crippen LogP contribution in [0.2, 0.25) is 0 Å². The van der Waals surface area contributed by atoms with Crippen molar-refractivity contribution in [1.29, 1.82) is 0 Å². The van der Waals surface area contributed by atoms with Crippen molar-refractivity contribution in [1.82, 2.24) is 10.6 Å². The number of hydrogen-bond donors (Lipinski definition) is 2. The van der Waals surface area contributed by atoms with Gasteiger partial charge in [-0.1, -0.05) is 49.3 Å². The van der Waals surface area contributed by atoms with E-state index in [9.17, 15) is 9.59 Å². The van der Waals surface area contributed by atoms with Crippen LogP contribution in [0.3, 0.4) is 0 Å². The van der Waals surface area contributed by atoms with Gasteiger partial charge in [-0.25, -0.2) is 4.79 Å². The molecule has 0 heterocycles. The number of alkyl halides is 1. The Hall–Kier alpha value is -0.530. The minimum Gasteiger partial charge on any atom is -0.453 e. The predicted molar refractivity (Wildman–Crippen MR) is 77.5 cm³/mol. The first-order chi connectivity index (χ1) is 8.38. The molecule has 0 unspecified atom stereocenters. The van der Waals surface area contributed by atoms with Gasteiger partial charge < -0.3 is 15.4 Å². The van der Waals surface area contributed by atoms with Crippen molar-refractivity contribution < 1.29 is 14.3 Å². The Kier molecular flexibility index (Phi) is 5.68. The molecule has 1 saturated carbocycles. The molecule has 1 rings (SSSR count). The molecule has 0 bridgehead atoms. The van der Waals surface area contributed by atoms with E-state index in [-0.39, 0.29) is 15.4 Å². The van der Waals surface area contributed by atoms with E-state index in [0.29, 0.717) is 0 Å². The molecule has 0 radical (unpaired) electrons. The number of alkyl carbamates (subject to hydrolysis) is 1. The van der Waals surface area contributed by atoms with Crippen LogP contribution < -0.4 is 10.6 Å². The third-order valence-corrected chi connectivity index (χ3v) is 4.50. The molecule has 1 aliphatic rings. The molecule has 104 valence electrons. The maximum absolute atomic E-state index is 12.2. The quantitative estimate of drug-likeness (QED) is 0.454. The highest BCUT2D eigenvalue weighted by atomic mass is 127. The summed E-state index contributed by atoms with van der Waals surface area (Å²) in [6.07, 6.45) is 3.68. The van der Waals surface area contributed by atoms with Crippen LogP contribution in [0.15, 0.2) is 0 Å². The van der Waals surface area contributed by atoms with Crippen molar-refractivity contribution in [2.45, 2.75) is 49.1 Å². The Morgan fingerprint density at radius 1 is 1.28 bits per heavy atom. The first kappa shape index (κ1) is 15.5. The van der Waals surface area contributed by atoms with E-state index in [4.69, 9.17) is 0 Å². The number of halogens is 1. The van der Waals surface area contributed by atoms with Crippen LogP contribution in [0.5, 0.6) is 0 Å². The molecule has 18 heavy (non-hydrogen) atoms. The van der Waals surface area contributed by atoms with E-state index >= 15 is 0 Å². The van der Waals surface area contributed by atoms with Crippen molar-refractivity contribution in [2.24, 2.45) is 5.92 Å². The lowest BCUT2D eigenvalue weighted by atomic mass is 10.0. The third-order valence-electron chi connectivity index (χ3n) is 3.15. The molecule has 0 aliphatic heterocycles. The molecule has 1 fully saturated rings. The third kappa shape index (κ3) is 4.29. The maximum Gasteiger partial charge on any atom is 0.407 e. The molecule has 2 N–H and O–H groups in total. The van der Waals surface area contributed by atoms with Crippen molar-refractivity contribution in [3.05, 3.63) is 0 Å². The Morgan fingerprint density at radius 2 is 1.83 bits per heavy atom. The Labute approximate surface area is 122 Å². The molecule has 2 amide bonds. The van der Waals surface area contributed by atoms with Crippen LogP contribution in [0.1, 0.15) is 39.5 Å². The second kappa shape index (κ2) is 6.58. The van der Waals surface area contributed by atoms with Crippen molar-refractivity contribution in [3.63, 3.8) is 0 Å². The van der Waals surface area contributed by atoms with E-state index in [1.54, 1.807) is 0 Å². The van der Waals surface area contributed by atoms with Crippen molar-refractivity contribution >= 4 is 34.6 Å². The minimum absolute atomic E-state index is 0.0190. The fourth-order valence-electron chi connectivity index (χ4n) is 2.08. The van der Waals surface area contributed by atoms with Gasteiger partial charge in [-0.3, -0.25) is 4.79 Å². The lowest BCUT2D eigenvalue weighted by Gasteiger charge is -2.28. The summed E-state index contributed by atoms with van der Waals surface area (Å²) in [5, 5.41) is 5.62. The fourth-order valence-corrected chi connectivity index (χ4v) is 3.11. The van der Waals surface area contributed by atoms with Gasteiger partial charge >= 0.3 is 6.09 Å². The van der Waals surface area contributed by atoms with Crippen molar-refractivity contribution in [2.75, 3.05) is 7.11 Å². The summed E-state index contributed by atoms with van der Waals surface area (Å²) in [5.41, 5.74) is 0. The maximum atomic E-state index is 12.2. The molecule has 0 aromatic carbocycles. The average molecular weight is 368 g/mol. The van der Waals surface area contributed by atoms with Gasteiger partial charge in [-0.15, -0.1) is 0 Å². The number of rotatable bonds is 4. The average Bonchev–Trinajstić information content (AvgIpc) is 2.71. The molecule has 1 atom stereocenters. The summed E-state index contributed by atoms with van der Waals surface area (Å²) in [7, 11) is 1.29. The Morgan fingerprint density at radius 3 is 2.28 bits per heavy atom. The molecule has 1 aliphatic carbocycles. The van der Waals surface area contributed by atoms with E-state index in [1.165, 1.54) is 7.11 Å². The zero-order valence-electron chi connectivity index (χ0n) is 11.1. The summed E-state index contributed by atoms with van der Waals surface area (Å²) in [6.45, 7) is 3.80. The first-order valence-corrected chi connectivity index (χ1v) is 7.31. The van der Waals surface area contributed by atoms with Gasteiger partial charge in [0, 0.05) is 0 Å². The van der Waals surface area contributed by atoms with Crippen LogP contribution in [0, 0.1) is 5.92 Å². The summed E-state index contributed by atoms with van der Waals surface area (Å²) >= 11 is 2.30. The smallest absolute Gasteiger partial charge is 0.407 e. The zero-order valence-corrected chi connectivity index (χ0v) is 13.2. The van der Waals surface area contributed by atoms with Crippen LogP contribution in [-0.4, -0.2) is 28.7 Å². The van der Waals surface area contributed by atoms with Crippen LogP contribution >= 0.6 is 22.6 Å². The summed E-state index contributed by atoms with van der Waals surface area (Å²) < 4.78 is 4.39. The van der Waals surface area contributed by atoms with Crippen molar-refractivity contribution in [3.8, 4) is 0 Å². The van der Waals surface area contributed by atoms with Gasteiger partial charge in [0.15, 0.2) is 0 Å². The number of carbonyl (C=O) groups excluding carboxylic acids is 2. The van der Waals surface area contributed by atoms with Gasteiger partial charge in [0.2, 0.25) is 5.91 Å². The monoisotopic (exact) mass is 368 g/mol. The van der Waals surface area contributed by atoms with E-state index < -0.39 is 12.1 Å². The predicted octanol–water partition coefficient (Wildman–Crippen LogP) is 2.19. The molecule has 0 aromatic rings. The highest BCUT2D eigenvalue weighted by Gasteiger charge is 2.35. The summed E-state index contributed by atoms with van der Waals surface area (Å²) in [6, 6.07) is -0.551. The largest absolute Gasteiger partial charge is 0.453 e. The topological polar surface area (TPSA) is 67.4 Å². The normalized spacial score (nSPS) is 19.4. The highest BCUT2D eigenvalue weighted by molar-refractivity contribution is 14.1. The van der Waals surface area contributed by atoms with Gasteiger partial charge in [-0.05, 0) is 18.8 Å². The number of amides is 2.